The lowest BCUT2D eigenvalue weighted by Gasteiger charge is -2.02. The van der Waals surface area contributed by atoms with Crippen LogP contribution in [0.1, 0.15) is 22.8 Å². The number of nitrogens with one attached hydrogen (secondary N) is 1. The van der Waals surface area contributed by atoms with Crippen molar-refractivity contribution in [1.29, 1.82) is 0 Å². The van der Waals surface area contributed by atoms with Gasteiger partial charge in [-0.2, -0.15) is 5.10 Å². The molecular weight excluding hydrogens is 280 g/mol. The molecule has 0 radical (unpaired) electrons. The Labute approximate surface area is 128 Å². The first-order valence-electron chi connectivity index (χ1n) is 6.65. The smallest absolute Gasteiger partial charge is 0.271 e. The number of carbonyl (C=O) groups excluding carboxylic acids is 1. The van der Waals surface area contributed by atoms with Gasteiger partial charge in [0.15, 0.2) is 0 Å². The Balaban J connectivity index is 2.01. The highest BCUT2D eigenvalue weighted by Gasteiger charge is 2.07. The van der Waals surface area contributed by atoms with Crippen LogP contribution in [0.3, 0.4) is 0 Å². The summed E-state index contributed by atoms with van der Waals surface area (Å²) in [5.74, 6) is -0.886. The van der Waals surface area contributed by atoms with Crippen LogP contribution in [0.5, 0.6) is 11.5 Å². The maximum Gasteiger partial charge on any atom is 0.271 e. The molecule has 0 bridgehead atoms. The van der Waals surface area contributed by atoms with Crippen molar-refractivity contribution in [3.8, 4) is 11.5 Å². The molecule has 0 aliphatic rings. The van der Waals surface area contributed by atoms with Crippen LogP contribution in [0.25, 0.3) is 6.08 Å². The molecule has 2 aromatic carbocycles. The van der Waals surface area contributed by atoms with Crippen LogP contribution >= 0.6 is 0 Å². The van der Waals surface area contributed by atoms with Gasteiger partial charge in [0.05, 0.1) is 5.71 Å². The van der Waals surface area contributed by atoms with Crippen molar-refractivity contribution in [1.82, 2.24) is 5.43 Å². The van der Waals surface area contributed by atoms with Crippen LogP contribution in [-0.4, -0.2) is 21.8 Å². The Bertz CT molecular complexity index is 702. The van der Waals surface area contributed by atoms with E-state index in [2.05, 4.69) is 10.5 Å². The van der Waals surface area contributed by atoms with E-state index in [1.165, 1.54) is 12.1 Å². The average molecular weight is 296 g/mol. The summed E-state index contributed by atoms with van der Waals surface area (Å²) in [4.78, 5) is 11.9. The summed E-state index contributed by atoms with van der Waals surface area (Å²) in [6, 6.07) is 13.4. The second-order valence-electron chi connectivity index (χ2n) is 4.68. The van der Waals surface area contributed by atoms with Gasteiger partial charge in [0.25, 0.3) is 5.91 Å². The minimum absolute atomic E-state index is 0.126. The number of phenolic OH excluding ortho intramolecular Hbond substituents is 2. The first-order valence-corrected chi connectivity index (χ1v) is 6.65. The van der Waals surface area contributed by atoms with Gasteiger partial charge in [-0.05, 0) is 30.7 Å². The number of amides is 1. The minimum Gasteiger partial charge on any atom is -0.508 e. The SMILES string of the molecule is CC(/C=C/c1ccccc1)=N\NC(=O)c1cc(O)cc(O)c1. The molecule has 0 fully saturated rings. The molecule has 0 aliphatic heterocycles. The summed E-state index contributed by atoms with van der Waals surface area (Å²) in [6.45, 7) is 1.75. The quantitative estimate of drug-likeness (QED) is 0.599. The maximum absolute atomic E-state index is 11.9. The highest BCUT2D eigenvalue weighted by atomic mass is 16.3. The number of allylic oxidation sites excluding steroid dienone is 1. The molecule has 2 aromatic rings. The van der Waals surface area contributed by atoms with Crippen LogP contribution in [-0.2, 0) is 0 Å². The predicted octanol–water partition coefficient (Wildman–Crippen LogP) is 2.92. The fraction of sp³-hybridized carbons (Fsp3) is 0.0588. The average Bonchev–Trinajstić information content (AvgIpc) is 2.50. The van der Waals surface area contributed by atoms with Gasteiger partial charge in [-0.3, -0.25) is 4.79 Å². The Morgan fingerprint density at radius 2 is 1.73 bits per heavy atom. The summed E-state index contributed by atoms with van der Waals surface area (Å²) in [6.07, 6.45) is 3.65. The van der Waals surface area contributed by atoms with Gasteiger partial charge < -0.3 is 10.2 Å². The summed E-state index contributed by atoms with van der Waals surface area (Å²) >= 11 is 0. The molecule has 1 amide bonds. The Kier molecular flexibility index (Phi) is 4.93. The summed E-state index contributed by atoms with van der Waals surface area (Å²) < 4.78 is 0. The lowest BCUT2D eigenvalue weighted by atomic mass is 10.2. The van der Waals surface area contributed by atoms with Crippen molar-refractivity contribution in [2.75, 3.05) is 0 Å². The third kappa shape index (κ3) is 4.49. The van der Waals surface area contributed by atoms with E-state index in [1.54, 1.807) is 13.0 Å². The normalized spacial score (nSPS) is 11.6. The van der Waals surface area contributed by atoms with Crippen molar-refractivity contribution in [2.45, 2.75) is 6.92 Å². The zero-order chi connectivity index (χ0) is 15.9. The molecule has 3 N–H and O–H groups in total. The molecule has 22 heavy (non-hydrogen) atoms. The standard InChI is InChI=1S/C17H16N2O3/c1-12(7-8-13-5-3-2-4-6-13)18-19-17(22)14-9-15(20)11-16(21)10-14/h2-11,20-21H,1H3,(H,19,22)/b8-7+,18-12+. The van der Waals surface area contributed by atoms with Crippen LogP contribution in [0.4, 0.5) is 0 Å². The monoisotopic (exact) mass is 296 g/mol. The Morgan fingerprint density at radius 1 is 1.09 bits per heavy atom. The molecule has 5 heteroatoms. The van der Waals surface area contributed by atoms with Crippen LogP contribution in [0, 0.1) is 0 Å². The molecular formula is C17H16N2O3. The molecule has 0 aromatic heterocycles. The molecule has 0 saturated heterocycles. The number of hydrazone groups is 1. The number of rotatable bonds is 4. The molecule has 0 saturated carbocycles. The maximum atomic E-state index is 11.9. The van der Waals surface area contributed by atoms with E-state index in [0.717, 1.165) is 11.6 Å². The van der Waals surface area contributed by atoms with Gasteiger partial charge in [-0.25, -0.2) is 5.43 Å². The number of aromatic hydroxyl groups is 2. The highest BCUT2D eigenvalue weighted by molar-refractivity contribution is 5.99. The van der Waals surface area contributed by atoms with Gasteiger partial charge in [0.1, 0.15) is 11.5 Å². The Morgan fingerprint density at radius 3 is 2.36 bits per heavy atom. The van der Waals surface area contributed by atoms with Crippen molar-refractivity contribution < 1.29 is 15.0 Å². The molecule has 0 spiro atoms. The van der Waals surface area contributed by atoms with Crippen LogP contribution in [0.2, 0.25) is 0 Å². The number of hydrogen-bond donors (Lipinski definition) is 3. The molecule has 5 nitrogen and oxygen atoms in total. The number of phenols is 2. The van der Waals surface area contributed by atoms with Crippen LogP contribution in [0.15, 0.2) is 59.7 Å². The van der Waals surface area contributed by atoms with E-state index in [9.17, 15) is 15.0 Å². The highest BCUT2D eigenvalue weighted by Crippen LogP contribution is 2.20. The number of nitrogens with zero attached hydrogens (tertiary/aromatic N) is 1. The van der Waals surface area contributed by atoms with Gasteiger partial charge in [0.2, 0.25) is 0 Å². The largest absolute Gasteiger partial charge is 0.508 e. The second-order valence-corrected chi connectivity index (χ2v) is 4.68. The fourth-order valence-electron chi connectivity index (χ4n) is 1.75. The third-order valence-corrected chi connectivity index (χ3v) is 2.82. The zero-order valence-corrected chi connectivity index (χ0v) is 12.0. The lowest BCUT2D eigenvalue weighted by molar-refractivity contribution is 0.0954. The molecule has 2 rings (SSSR count). The zero-order valence-electron chi connectivity index (χ0n) is 12.0. The molecule has 0 unspecified atom stereocenters. The Hall–Kier alpha value is -3.08. The summed E-state index contributed by atoms with van der Waals surface area (Å²) in [7, 11) is 0. The van der Waals surface area contributed by atoms with E-state index < -0.39 is 5.91 Å². The fourth-order valence-corrected chi connectivity index (χ4v) is 1.75. The van der Waals surface area contributed by atoms with E-state index >= 15 is 0 Å². The van der Waals surface area contributed by atoms with Crippen molar-refractivity contribution in [2.24, 2.45) is 5.10 Å². The number of hydrogen-bond acceptors (Lipinski definition) is 4. The third-order valence-electron chi connectivity index (χ3n) is 2.82. The second kappa shape index (κ2) is 7.08. The minimum atomic E-state index is -0.515. The van der Waals surface area contributed by atoms with Crippen molar-refractivity contribution in [3.05, 3.63) is 65.7 Å². The van der Waals surface area contributed by atoms with E-state index in [-0.39, 0.29) is 17.1 Å². The van der Waals surface area contributed by atoms with Gasteiger partial charge >= 0.3 is 0 Å². The molecule has 0 atom stereocenters. The van der Waals surface area contributed by atoms with Crippen molar-refractivity contribution >= 4 is 17.7 Å². The van der Waals surface area contributed by atoms with Gasteiger partial charge in [-0.15, -0.1) is 0 Å². The van der Waals surface area contributed by atoms with E-state index in [0.29, 0.717) is 5.71 Å². The van der Waals surface area contributed by atoms with E-state index in [4.69, 9.17) is 0 Å². The predicted molar refractivity (Wildman–Crippen MR) is 85.8 cm³/mol. The summed E-state index contributed by atoms with van der Waals surface area (Å²) in [5, 5.41) is 22.6. The van der Waals surface area contributed by atoms with E-state index in [1.807, 2.05) is 36.4 Å². The van der Waals surface area contributed by atoms with Gasteiger partial charge in [0, 0.05) is 11.6 Å². The lowest BCUT2D eigenvalue weighted by Crippen LogP contribution is -2.18. The van der Waals surface area contributed by atoms with Gasteiger partial charge in [-0.1, -0.05) is 36.4 Å². The topological polar surface area (TPSA) is 81.9 Å². The number of benzene rings is 2. The van der Waals surface area contributed by atoms with Crippen molar-refractivity contribution in [3.63, 3.8) is 0 Å². The summed E-state index contributed by atoms with van der Waals surface area (Å²) in [5.41, 5.74) is 4.13. The first kappa shape index (κ1) is 15.3. The molecule has 112 valence electrons. The molecule has 0 heterocycles. The first-order chi connectivity index (χ1) is 10.5. The van der Waals surface area contributed by atoms with Crippen LogP contribution < -0.4 is 5.43 Å². The molecule has 0 aliphatic carbocycles. The number of carbonyl (C=O) groups is 1.